The van der Waals surface area contributed by atoms with E-state index < -0.39 is 0 Å². The van der Waals surface area contributed by atoms with Gasteiger partial charge in [0.2, 0.25) is 11.8 Å². The lowest BCUT2D eigenvalue weighted by Gasteiger charge is -2.22. The van der Waals surface area contributed by atoms with E-state index in [1.165, 1.54) is 0 Å². The molecule has 7 heteroatoms. The van der Waals surface area contributed by atoms with Crippen molar-refractivity contribution in [1.29, 1.82) is 0 Å². The minimum atomic E-state index is -0.270. The van der Waals surface area contributed by atoms with Gasteiger partial charge in [-0.05, 0) is 67.8 Å². The van der Waals surface area contributed by atoms with E-state index in [1.54, 1.807) is 7.11 Å². The zero-order chi connectivity index (χ0) is 21.3. The summed E-state index contributed by atoms with van der Waals surface area (Å²) in [7, 11) is 1.62. The van der Waals surface area contributed by atoms with Crippen molar-refractivity contribution in [3.63, 3.8) is 0 Å². The first-order chi connectivity index (χ1) is 14.5. The van der Waals surface area contributed by atoms with Crippen molar-refractivity contribution < 1.29 is 19.1 Å². The SMILES string of the molecule is COc1ccc(OCCCC(=O)Nc2cccc(CN3CCCC3C(N)=O)c2)cc1. The van der Waals surface area contributed by atoms with E-state index >= 15 is 0 Å². The van der Waals surface area contributed by atoms with E-state index in [-0.39, 0.29) is 17.9 Å². The number of rotatable bonds is 10. The molecule has 1 unspecified atom stereocenters. The number of primary amides is 1. The number of hydrogen-bond donors (Lipinski definition) is 2. The maximum Gasteiger partial charge on any atom is 0.234 e. The van der Waals surface area contributed by atoms with Gasteiger partial charge in [0, 0.05) is 18.7 Å². The van der Waals surface area contributed by atoms with Crippen molar-refractivity contribution in [3.05, 3.63) is 54.1 Å². The summed E-state index contributed by atoms with van der Waals surface area (Å²) in [4.78, 5) is 25.9. The highest BCUT2D eigenvalue weighted by Crippen LogP contribution is 2.21. The Labute approximate surface area is 177 Å². The summed E-state index contributed by atoms with van der Waals surface area (Å²) in [5.74, 6) is 1.20. The molecule has 0 saturated carbocycles. The third kappa shape index (κ3) is 6.22. The minimum absolute atomic E-state index is 0.0540. The average molecular weight is 412 g/mol. The number of carbonyl (C=O) groups is 2. The van der Waals surface area contributed by atoms with Gasteiger partial charge in [-0.1, -0.05) is 12.1 Å². The van der Waals surface area contributed by atoms with E-state index in [0.29, 0.717) is 26.0 Å². The van der Waals surface area contributed by atoms with Crippen LogP contribution in [0.3, 0.4) is 0 Å². The number of amides is 2. The molecule has 3 N–H and O–H groups in total. The molecular formula is C23H29N3O4. The quantitative estimate of drug-likeness (QED) is 0.586. The van der Waals surface area contributed by atoms with Gasteiger partial charge in [0.05, 0.1) is 19.8 Å². The summed E-state index contributed by atoms with van der Waals surface area (Å²) in [5.41, 5.74) is 7.29. The Morgan fingerprint density at radius 1 is 1.17 bits per heavy atom. The number of nitrogens with zero attached hydrogens (tertiary/aromatic N) is 1. The lowest BCUT2D eigenvalue weighted by Crippen LogP contribution is -2.39. The fourth-order valence-corrected chi connectivity index (χ4v) is 3.64. The maximum absolute atomic E-state index is 12.2. The second-order valence-electron chi connectivity index (χ2n) is 7.41. The van der Waals surface area contributed by atoms with Gasteiger partial charge in [-0.2, -0.15) is 0 Å². The Balaban J connectivity index is 1.42. The van der Waals surface area contributed by atoms with Gasteiger partial charge in [-0.25, -0.2) is 0 Å². The van der Waals surface area contributed by atoms with Gasteiger partial charge in [0.25, 0.3) is 0 Å². The molecule has 1 saturated heterocycles. The van der Waals surface area contributed by atoms with Crippen LogP contribution in [0.25, 0.3) is 0 Å². The van der Waals surface area contributed by atoms with Crippen molar-refractivity contribution in [1.82, 2.24) is 4.90 Å². The maximum atomic E-state index is 12.2. The first-order valence-electron chi connectivity index (χ1n) is 10.2. The lowest BCUT2D eigenvalue weighted by atomic mass is 10.1. The molecule has 1 aliphatic heterocycles. The largest absolute Gasteiger partial charge is 0.497 e. The molecule has 0 bridgehead atoms. The van der Waals surface area contributed by atoms with Gasteiger partial charge >= 0.3 is 0 Å². The Hall–Kier alpha value is -3.06. The summed E-state index contributed by atoms with van der Waals surface area (Å²) in [6, 6.07) is 14.9. The number of ether oxygens (including phenoxy) is 2. The van der Waals surface area contributed by atoms with Crippen molar-refractivity contribution in [2.45, 2.75) is 38.3 Å². The fourth-order valence-electron chi connectivity index (χ4n) is 3.64. The zero-order valence-electron chi connectivity index (χ0n) is 17.3. The van der Waals surface area contributed by atoms with E-state index in [1.807, 2.05) is 48.5 Å². The van der Waals surface area contributed by atoms with Crippen LogP contribution in [0.15, 0.2) is 48.5 Å². The molecule has 1 fully saturated rings. The van der Waals surface area contributed by atoms with E-state index in [9.17, 15) is 9.59 Å². The van der Waals surface area contributed by atoms with Crippen molar-refractivity contribution in [2.75, 3.05) is 25.6 Å². The van der Waals surface area contributed by atoms with Crippen LogP contribution in [0.1, 0.15) is 31.2 Å². The second-order valence-corrected chi connectivity index (χ2v) is 7.41. The Kier molecular flexibility index (Phi) is 7.68. The molecule has 2 aromatic rings. The standard InChI is InChI=1S/C23H29N3O4/c1-29-19-9-11-20(12-10-19)30-14-4-8-22(27)25-18-6-2-5-17(15-18)16-26-13-3-7-21(26)23(24)28/h2,5-6,9-12,15,21H,3-4,7-8,13-14,16H2,1H3,(H2,24,28)(H,25,27). The molecule has 0 spiro atoms. The topological polar surface area (TPSA) is 93.9 Å². The number of anilines is 1. The summed E-state index contributed by atoms with van der Waals surface area (Å²) in [6.45, 7) is 1.97. The molecule has 0 aliphatic carbocycles. The molecule has 1 heterocycles. The number of hydrogen-bond acceptors (Lipinski definition) is 5. The van der Waals surface area contributed by atoms with Crippen LogP contribution in [0.5, 0.6) is 11.5 Å². The predicted molar refractivity (Wildman–Crippen MR) is 115 cm³/mol. The second kappa shape index (κ2) is 10.6. The van der Waals surface area contributed by atoms with E-state index in [0.717, 1.165) is 42.1 Å². The molecular weight excluding hydrogens is 382 g/mol. The number of likely N-dealkylation sites (tertiary alicyclic amines) is 1. The Morgan fingerprint density at radius 3 is 2.67 bits per heavy atom. The molecule has 0 radical (unpaired) electrons. The van der Waals surface area contributed by atoms with Crippen LogP contribution >= 0.6 is 0 Å². The zero-order valence-corrected chi connectivity index (χ0v) is 17.3. The highest BCUT2D eigenvalue weighted by Gasteiger charge is 2.28. The molecule has 2 aromatic carbocycles. The van der Waals surface area contributed by atoms with Crippen LogP contribution in [0.4, 0.5) is 5.69 Å². The van der Waals surface area contributed by atoms with E-state index in [4.69, 9.17) is 15.2 Å². The van der Waals surface area contributed by atoms with Gasteiger partial charge in [-0.3, -0.25) is 14.5 Å². The van der Waals surface area contributed by atoms with Crippen LogP contribution in [-0.2, 0) is 16.1 Å². The van der Waals surface area contributed by atoms with Crippen LogP contribution in [0.2, 0.25) is 0 Å². The number of methoxy groups -OCH3 is 1. The summed E-state index contributed by atoms with van der Waals surface area (Å²) in [5, 5.41) is 2.93. The number of benzene rings is 2. The van der Waals surface area contributed by atoms with E-state index in [2.05, 4.69) is 10.2 Å². The van der Waals surface area contributed by atoms with Crippen molar-refractivity contribution in [2.24, 2.45) is 5.73 Å². The highest BCUT2D eigenvalue weighted by molar-refractivity contribution is 5.90. The van der Waals surface area contributed by atoms with Crippen LogP contribution < -0.4 is 20.5 Å². The number of nitrogens with two attached hydrogens (primary N) is 1. The molecule has 160 valence electrons. The molecule has 2 amide bonds. The average Bonchev–Trinajstić information content (AvgIpc) is 3.20. The molecule has 7 nitrogen and oxygen atoms in total. The minimum Gasteiger partial charge on any atom is -0.497 e. The third-order valence-corrected chi connectivity index (χ3v) is 5.16. The third-order valence-electron chi connectivity index (χ3n) is 5.16. The summed E-state index contributed by atoms with van der Waals surface area (Å²) in [6.07, 6.45) is 2.77. The van der Waals surface area contributed by atoms with Gasteiger partial charge in [0.15, 0.2) is 0 Å². The molecule has 1 atom stereocenters. The first-order valence-corrected chi connectivity index (χ1v) is 10.2. The molecule has 1 aliphatic rings. The number of nitrogens with one attached hydrogen (secondary N) is 1. The lowest BCUT2D eigenvalue weighted by molar-refractivity contribution is -0.122. The predicted octanol–water partition coefficient (Wildman–Crippen LogP) is 2.94. The Bertz CT molecular complexity index is 854. The highest BCUT2D eigenvalue weighted by atomic mass is 16.5. The smallest absolute Gasteiger partial charge is 0.234 e. The summed E-state index contributed by atoms with van der Waals surface area (Å²) >= 11 is 0. The van der Waals surface area contributed by atoms with Crippen molar-refractivity contribution >= 4 is 17.5 Å². The van der Waals surface area contributed by atoms with Crippen LogP contribution in [-0.4, -0.2) is 43.0 Å². The van der Waals surface area contributed by atoms with Crippen molar-refractivity contribution in [3.8, 4) is 11.5 Å². The fraction of sp³-hybridized carbons (Fsp3) is 0.391. The monoisotopic (exact) mass is 411 g/mol. The van der Waals surface area contributed by atoms with Gasteiger partial charge in [0.1, 0.15) is 11.5 Å². The Morgan fingerprint density at radius 2 is 1.93 bits per heavy atom. The molecule has 30 heavy (non-hydrogen) atoms. The number of carbonyl (C=O) groups excluding carboxylic acids is 2. The first kappa shape index (κ1) is 21.6. The molecule has 0 aromatic heterocycles. The normalized spacial score (nSPS) is 16.2. The van der Waals surface area contributed by atoms with Crippen LogP contribution in [0, 0.1) is 0 Å². The van der Waals surface area contributed by atoms with Gasteiger partial charge in [-0.15, -0.1) is 0 Å². The van der Waals surface area contributed by atoms with Gasteiger partial charge < -0.3 is 20.5 Å². The molecule has 3 rings (SSSR count). The summed E-state index contributed by atoms with van der Waals surface area (Å²) < 4.78 is 10.8.